The molecule has 17 heavy (non-hydrogen) atoms. The van der Waals surface area contributed by atoms with Crippen LogP contribution in [-0.2, 0) is 14.3 Å². The number of likely N-dealkylation sites (tertiary alicyclic amines) is 1. The summed E-state index contributed by atoms with van der Waals surface area (Å²) in [6, 6.07) is 0. The van der Waals surface area contributed by atoms with Gasteiger partial charge in [0.2, 0.25) is 14.7 Å². The molecule has 2 atom stereocenters. The van der Waals surface area contributed by atoms with Crippen molar-refractivity contribution in [2.45, 2.75) is 32.4 Å². The highest BCUT2D eigenvalue weighted by Crippen LogP contribution is 2.31. The summed E-state index contributed by atoms with van der Waals surface area (Å²) in [6.07, 6.45) is 0.232. The number of amides is 1. The smallest absolute Gasteiger partial charge is 0.310 e. The van der Waals surface area contributed by atoms with Gasteiger partial charge in [-0.3, -0.25) is 9.59 Å². The molecule has 1 aliphatic rings. The van der Waals surface area contributed by atoms with Crippen molar-refractivity contribution >= 4 is 31.8 Å². The first-order valence-electron chi connectivity index (χ1n) is 5.63. The molecular formula is C11H18ClNO3Si. The summed E-state index contributed by atoms with van der Waals surface area (Å²) >= 11 is 6.03. The third-order valence-corrected chi connectivity index (χ3v) is 5.91. The molecule has 1 aliphatic heterocycles. The molecule has 2 radical (unpaired) electrons. The van der Waals surface area contributed by atoms with Crippen LogP contribution in [0, 0.1) is 11.8 Å². The maximum Gasteiger partial charge on any atom is 0.310 e. The van der Waals surface area contributed by atoms with Crippen LogP contribution in [0.3, 0.4) is 0 Å². The number of methoxy groups -OCH3 is 1. The molecule has 0 aromatic carbocycles. The zero-order valence-electron chi connectivity index (χ0n) is 10.6. The maximum absolute atomic E-state index is 12.0. The van der Waals surface area contributed by atoms with Gasteiger partial charge in [0, 0.05) is 18.1 Å². The average Bonchev–Trinajstić information content (AvgIpc) is 2.69. The van der Waals surface area contributed by atoms with Gasteiger partial charge in [0.15, 0.2) is 0 Å². The molecule has 1 rings (SSSR count). The largest absolute Gasteiger partial charge is 0.469 e. The van der Waals surface area contributed by atoms with Gasteiger partial charge in [-0.1, -0.05) is 13.8 Å². The van der Waals surface area contributed by atoms with Crippen LogP contribution in [-0.4, -0.2) is 44.4 Å². The van der Waals surface area contributed by atoms with Crippen LogP contribution in [0.25, 0.3) is 0 Å². The fourth-order valence-electron chi connectivity index (χ4n) is 1.95. The molecule has 1 heterocycles. The van der Waals surface area contributed by atoms with Gasteiger partial charge in [0.1, 0.15) is 0 Å². The average molecular weight is 276 g/mol. The molecule has 1 fully saturated rings. The molecule has 0 N–H and O–H groups in total. The standard InChI is InChI=1S/C11H18ClNO3Si/c1-7(2)11(3,17-12)13-6-8(5-9(13)14)10(15)16-4/h7-8H,5-6H2,1-4H3. The van der Waals surface area contributed by atoms with E-state index in [4.69, 9.17) is 11.1 Å². The summed E-state index contributed by atoms with van der Waals surface area (Å²) in [5, 5.41) is -0.374. The zero-order valence-corrected chi connectivity index (χ0v) is 12.4. The highest BCUT2D eigenvalue weighted by molar-refractivity contribution is 6.95. The van der Waals surface area contributed by atoms with Gasteiger partial charge in [0.25, 0.3) is 0 Å². The van der Waals surface area contributed by atoms with E-state index in [1.165, 1.54) is 7.11 Å². The Labute approximate surface area is 109 Å². The van der Waals surface area contributed by atoms with Crippen LogP contribution in [0.4, 0.5) is 0 Å². The quantitative estimate of drug-likeness (QED) is 0.441. The van der Waals surface area contributed by atoms with Crippen molar-refractivity contribution in [1.82, 2.24) is 4.90 Å². The van der Waals surface area contributed by atoms with Gasteiger partial charge in [-0.2, -0.15) is 11.1 Å². The van der Waals surface area contributed by atoms with Gasteiger partial charge >= 0.3 is 5.97 Å². The lowest BCUT2D eigenvalue weighted by Gasteiger charge is -2.40. The molecule has 1 saturated heterocycles. The van der Waals surface area contributed by atoms with Crippen molar-refractivity contribution in [3.05, 3.63) is 0 Å². The highest BCUT2D eigenvalue weighted by atomic mass is 35.6. The van der Waals surface area contributed by atoms with E-state index in [0.717, 1.165) is 0 Å². The number of rotatable bonds is 4. The number of nitrogens with zero attached hydrogens (tertiary/aromatic N) is 1. The number of carbonyl (C=O) groups is 2. The molecule has 6 heteroatoms. The molecule has 0 bridgehead atoms. The first-order chi connectivity index (χ1) is 7.86. The van der Waals surface area contributed by atoms with Crippen molar-refractivity contribution < 1.29 is 14.3 Å². The fraction of sp³-hybridized carbons (Fsp3) is 0.818. The van der Waals surface area contributed by atoms with Crippen LogP contribution in [0.5, 0.6) is 0 Å². The van der Waals surface area contributed by atoms with Gasteiger partial charge in [0.05, 0.1) is 13.0 Å². The van der Waals surface area contributed by atoms with Crippen molar-refractivity contribution in [3.8, 4) is 0 Å². The van der Waals surface area contributed by atoms with Crippen LogP contribution in [0.2, 0.25) is 0 Å². The monoisotopic (exact) mass is 275 g/mol. The Hall–Kier alpha value is -0.553. The molecule has 1 amide bonds. The Morgan fingerprint density at radius 1 is 1.65 bits per heavy atom. The Balaban J connectivity index is 2.86. The third kappa shape index (κ3) is 2.65. The first kappa shape index (κ1) is 14.5. The minimum absolute atomic E-state index is 0.00949. The van der Waals surface area contributed by atoms with Crippen LogP contribution >= 0.6 is 11.1 Å². The Morgan fingerprint density at radius 2 is 2.24 bits per heavy atom. The van der Waals surface area contributed by atoms with E-state index in [0.29, 0.717) is 6.54 Å². The number of ether oxygens (including phenoxy) is 1. The minimum Gasteiger partial charge on any atom is -0.469 e. The molecule has 2 unspecified atom stereocenters. The lowest BCUT2D eigenvalue weighted by molar-refractivity contribution is -0.145. The Morgan fingerprint density at radius 3 is 2.65 bits per heavy atom. The minimum atomic E-state index is -0.374. The summed E-state index contributed by atoms with van der Waals surface area (Å²) in [5.74, 6) is -0.424. The normalized spacial score (nSPS) is 24.0. The SMILES string of the molecule is COC(=O)C1CC(=O)N(C(C)([Si]Cl)C(C)C)C1. The van der Waals surface area contributed by atoms with E-state index in [-0.39, 0.29) is 44.1 Å². The third-order valence-electron chi connectivity index (χ3n) is 3.54. The Kier molecular flexibility index (Phi) is 4.60. The summed E-state index contributed by atoms with van der Waals surface area (Å²) in [4.78, 5) is 25.2. The summed E-state index contributed by atoms with van der Waals surface area (Å²) in [7, 11) is 1.46. The lowest BCUT2D eigenvalue weighted by Crippen LogP contribution is -2.54. The van der Waals surface area contributed by atoms with E-state index < -0.39 is 0 Å². The van der Waals surface area contributed by atoms with E-state index in [1.807, 2.05) is 20.8 Å². The predicted molar refractivity (Wildman–Crippen MR) is 66.7 cm³/mol. The summed E-state index contributed by atoms with van der Waals surface area (Å²) in [6.45, 7) is 6.46. The second kappa shape index (κ2) is 5.39. The number of halogens is 1. The number of carbonyl (C=O) groups excluding carboxylic acids is 2. The van der Waals surface area contributed by atoms with Crippen molar-refractivity contribution in [2.24, 2.45) is 11.8 Å². The summed E-state index contributed by atoms with van der Waals surface area (Å²) < 4.78 is 4.69. The van der Waals surface area contributed by atoms with E-state index >= 15 is 0 Å². The second-order valence-corrected chi connectivity index (χ2v) is 6.59. The molecule has 0 spiro atoms. The topological polar surface area (TPSA) is 46.6 Å². The molecule has 96 valence electrons. The van der Waals surface area contributed by atoms with Crippen molar-refractivity contribution in [1.29, 1.82) is 0 Å². The zero-order chi connectivity index (χ0) is 13.2. The molecule has 4 nitrogen and oxygen atoms in total. The highest BCUT2D eigenvalue weighted by Gasteiger charge is 2.45. The van der Waals surface area contributed by atoms with E-state index in [2.05, 4.69) is 4.74 Å². The van der Waals surface area contributed by atoms with Crippen LogP contribution in [0.1, 0.15) is 27.2 Å². The molecular weight excluding hydrogens is 258 g/mol. The van der Waals surface area contributed by atoms with Gasteiger partial charge < -0.3 is 9.64 Å². The second-order valence-electron chi connectivity index (χ2n) is 4.83. The van der Waals surface area contributed by atoms with E-state index in [1.54, 1.807) is 4.90 Å². The maximum atomic E-state index is 12.0. The first-order valence-corrected chi connectivity index (χ1v) is 7.64. The molecule has 0 aliphatic carbocycles. The molecule has 0 aromatic heterocycles. The van der Waals surface area contributed by atoms with Crippen molar-refractivity contribution in [3.63, 3.8) is 0 Å². The van der Waals surface area contributed by atoms with Crippen LogP contribution < -0.4 is 0 Å². The summed E-state index contributed by atoms with van der Waals surface area (Å²) in [5.41, 5.74) is 0. The Bertz CT molecular complexity index is 324. The van der Waals surface area contributed by atoms with Crippen LogP contribution in [0.15, 0.2) is 0 Å². The van der Waals surface area contributed by atoms with Crippen molar-refractivity contribution in [2.75, 3.05) is 13.7 Å². The van der Waals surface area contributed by atoms with Gasteiger partial charge in [-0.05, 0) is 12.8 Å². The predicted octanol–water partition coefficient (Wildman–Crippen LogP) is 1.24. The molecule has 0 saturated carbocycles. The fourth-order valence-corrected chi connectivity index (χ4v) is 3.45. The molecule has 0 aromatic rings. The van der Waals surface area contributed by atoms with Gasteiger partial charge in [-0.25, -0.2) is 0 Å². The lowest BCUT2D eigenvalue weighted by atomic mass is 10.0. The van der Waals surface area contributed by atoms with Gasteiger partial charge in [-0.15, -0.1) is 0 Å². The number of esters is 1. The van der Waals surface area contributed by atoms with E-state index in [9.17, 15) is 9.59 Å². The number of hydrogen-bond donors (Lipinski definition) is 0. The number of hydrogen-bond acceptors (Lipinski definition) is 3.